The topological polar surface area (TPSA) is 254 Å². The second-order valence-corrected chi connectivity index (χ2v) is 19.9. The number of hydrogen-bond donors (Lipinski definition) is 6. The van der Waals surface area contributed by atoms with E-state index in [0.29, 0.717) is 37.7 Å². The second kappa shape index (κ2) is 19.2. The highest BCUT2D eigenvalue weighted by molar-refractivity contribution is 6.32. The van der Waals surface area contributed by atoms with Crippen molar-refractivity contribution in [1.29, 1.82) is 0 Å². The van der Waals surface area contributed by atoms with Gasteiger partial charge in [0.25, 0.3) is 5.76 Å². The highest BCUT2D eigenvalue weighted by atomic mass is 35.5. The van der Waals surface area contributed by atoms with Gasteiger partial charge in [0, 0.05) is 35.3 Å². The zero-order valence-electron chi connectivity index (χ0n) is 38.1. The first-order valence-electron chi connectivity index (χ1n) is 23.3. The van der Waals surface area contributed by atoms with Gasteiger partial charge in [-0.25, -0.2) is 14.4 Å². The predicted molar refractivity (Wildman–Crippen MR) is 235 cm³/mol. The van der Waals surface area contributed by atoms with Gasteiger partial charge in [-0.3, -0.25) is 4.79 Å². The molecule has 1 aromatic rings. The van der Waals surface area contributed by atoms with Crippen molar-refractivity contribution in [2.45, 2.75) is 159 Å². The molecule has 4 aliphatic heterocycles. The maximum Gasteiger partial charge on any atom is 0.379 e. The molecule has 8 rings (SSSR count). The van der Waals surface area contributed by atoms with Crippen molar-refractivity contribution in [2.75, 3.05) is 0 Å². The summed E-state index contributed by atoms with van der Waals surface area (Å²) in [7, 11) is 0. The Hall–Kier alpha value is -4.33. The van der Waals surface area contributed by atoms with Crippen molar-refractivity contribution in [3.63, 3.8) is 0 Å². The Balaban J connectivity index is 0.970. The molecule has 2 saturated heterocycles. The summed E-state index contributed by atoms with van der Waals surface area (Å²) in [4.78, 5) is 53.7. The maximum absolute atomic E-state index is 14.8. The van der Waals surface area contributed by atoms with Crippen molar-refractivity contribution in [2.24, 2.45) is 35.0 Å². The number of phenolic OH excluding ortho intramolecular Hbond substituents is 1. The largest absolute Gasteiger partial charge is 0.507 e. The molecular formula is C49H61ClO17. The summed E-state index contributed by atoms with van der Waals surface area (Å²) in [6.45, 7) is 8.23. The lowest BCUT2D eigenvalue weighted by molar-refractivity contribution is -0.343. The van der Waals surface area contributed by atoms with E-state index in [0.717, 1.165) is 12.8 Å². The number of halogens is 1. The van der Waals surface area contributed by atoms with E-state index in [-0.39, 0.29) is 46.6 Å². The van der Waals surface area contributed by atoms with Crippen LogP contribution in [0.1, 0.15) is 101 Å². The first kappa shape index (κ1) is 49.1. The van der Waals surface area contributed by atoms with Gasteiger partial charge in [-0.15, -0.1) is 0 Å². The van der Waals surface area contributed by atoms with E-state index in [1.165, 1.54) is 18.2 Å². The van der Waals surface area contributed by atoms with E-state index in [4.69, 9.17) is 44.8 Å². The Morgan fingerprint density at radius 2 is 1.64 bits per heavy atom. The number of rotatable bonds is 7. The quantitative estimate of drug-likeness (QED) is 0.110. The SMILES string of the molecule is Cc1c(Cl)ccc(O)c1C(=O)O[C@@H]1C[C@H](O[C@H]2[C@H](O)[C@@H](O)[C@H](O[C@H]3CCC[C@@H]4[C@@H]3C=C[C@H]3CCCC/C=C\[C@@H]5C=C(C(=O)O)[C@H](C)C[C@@]56OC(=O)C(=C6O)OC(=O)[C@@]43C)O[C@@H]2C)O[C@H](C)[C@H]1O. The van der Waals surface area contributed by atoms with Crippen molar-refractivity contribution in [1.82, 2.24) is 0 Å². The van der Waals surface area contributed by atoms with Crippen molar-refractivity contribution < 1.29 is 83.0 Å². The van der Waals surface area contributed by atoms with Crippen molar-refractivity contribution in [3.8, 4) is 5.75 Å². The number of carbonyl (C=O) groups excluding carboxylic acids is 3. The summed E-state index contributed by atoms with van der Waals surface area (Å²) in [5, 5.41) is 66.3. The van der Waals surface area contributed by atoms with E-state index >= 15 is 0 Å². The molecule has 0 aromatic heterocycles. The van der Waals surface area contributed by atoms with Crippen LogP contribution in [0.5, 0.6) is 5.75 Å². The van der Waals surface area contributed by atoms with Gasteiger partial charge >= 0.3 is 23.9 Å². The molecule has 366 valence electrons. The molecule has 1 saturated carbocycles. The molecule has 3 fully saturated rings. The Kier molecular flexibility index (Phi) is 14.1. The predicted octanol–water partition coefficient (Wildman–Crippen LogP) is 5.63. The monoisotopic (exact) mass is 956 g/mol. The molecule has 18 heteroatoms. The molecular weight excluding hydrogens is 896 g/mol. The molecule has 2 bridgehead atoms. The summed E-state index contributed by atoms with van der Waals surface area (Å²) < 4.78 is 42.3. The third-order valence-corrected chi connectivity index (χ3v) is 15.8. The lowest BCUT2D eigenvalue weighted by Gasteiger charge is -2.51. The van der Waals surface area contributed by atoms with E-state index < -0.39 is 126 Å². The average molecular weight is 957 g/mol. The fourth-order valence-corrected chi connectivity index (χ4v) is 11.6. The number of allylic oxidation sites excluding steroid dienone is 2. The number of esters is 3. The van der Waals surface area contributed by atoms with Crippen LogP contribution in [-0.2, 0) is 47.5 Å². The molecule has 7 aliphatic rings. The molecule has 67 heavy (non-hydrogen) atoms. The third-order valence-electron chi connectivity index (χ3n) is 15.4. The number of ether oxygens (including phenoxy) is 7. The lowest BCUT2D eigenvalue weighted by Crippen LogP contribution is -2.61. The van der Waals surface area contributed by atoms with Gasteiger partial charge in [0.05, 0.1) is 23.7 Å². The number of carbonyl (C=O) groups is 4. The minimum atomic E-state index is -1.65. The molecule has 0 amide bonds. The number of carboxylic acids is 1. The normalized spacial score (nSPS) is 41.6. The maximum atomic E-state index is 14.8. The van der Waals surface area contributed by atoms with E-state index in [9.17, 15) is 49.8 Å². The second-order valence-electron chi connectivity index (χ2n) is 19.5. The Morgan fingerprint density at radius 1 is 0.881 bits per heavy atom. The number of phenols is 1. The van der Waals surface area contributed by atoms with Gasteiger partial charge in [0.2, 0.25) is 0 Å². The summed E-state index contributed by atoms with van der Waals surface area (Å²) in [5.74, 6) is -7.75. The van der Waals surface area contributed by atoms with Gasteiger partial charge in [-0.05, 0) is 95.2 Å². The standard InChI is InChI=1S/C49H61ClO17/c1-22-21-49-27(19-29(22)43(56)57)12-9-7-6-8-11-26-15-16-28-30(48(26,5)47(60)66-41(42(49)55)45(59)67-49)13-10-14-33(28)64-46-39(54)38(53)40(25(4)62-46)65-35-20-34(37(52)24(3)61-35)63-44(58)36-23(2)31(50)17-18-32(36)51/h9,12,15-19,22,24-28,30,33-35,37-40,46,51-55H,6-8,10-11,13-14,20-21H2,1-5H3,(H,56,57)/b12-9-/t22-,24-,25-,26-,27-,28+,30-,33+,34-,35+,37-,38-,39-,40-,46+,48-,49-/m1/s1. The number of aliphatic hydroxyl groups excluding tert-OH is 4. The van der Waals surface area contributed by atoms with Crippen LogP contribution in [0.3, 0.4) is 0 Å². The lowest BCUT2D eigenvalue weighted by atomic mass is 9.55. The first-order chi connectivity index (χ1) is 31.8. The number of hydrogen-bond acceptors (Lipinski definition) is 16. The highest BCUT2D eigenvalue weighted by Gasteiger charge is 2.60. The van der Waals surface area contributed by atoms with Crippen LogP contribution in [0.15, 0.2) is 59.6 Å². The number of aliphatic carboxylic acids is 1. The average Bonchev–Trinajstić information content (AvgIpc) is 3.50. The number of benzene rings is 1. The van der Waals surface area contributed by atoms with Gasteiger partial charge in [-0.2, -0.15) is 0 Å². The fourth-order valence-electron chi connectivity index (χ4n) is 11.5. The summed E-state index contributed by atoms with van der Waals surface area (Å²) >= 11 is 6.18. The fraction of sp³-hybridized carbons (Fsp3) is 0.633. The van der Waals surface area contributed by atoms with Crippen LogP contribution in [-0.4, -0.2) is 122 Å². The van der Waals surface area contributed by atoms with Gasteiger partial charge in [0.1, 0.15) is 41.8 Å². The number of aromatic hydroxyl groups is 1. The number of fused-ring (bicyclic) bond motifs is 3. The molecule has 1 spiro atoms. The van der Waals surface area contributed by atoms with E-state index in [1.54, 1.807) is 33.8 Å². The van der Waals surface area contributed by atoms with Gasteiger partial charge < -0.3 is 63.8 Å². The van der Waals surface area contributed by atoms with Gasteiger partial charge in [-0.1, -0.05) is 61.7 Å². The van der Waals surface area contributed by atoms with E-state index in [1.807, 2.05) is 25.2 Å². The Bertz CT molecular complexity index is 2240. The molecule has 17 nitrogen and oxygen atoms in total. The zero-order chi connectivity index (χ0) is 48.3. The number of carboxylic acid groups (broad SMARTS) is 1. The van der Waals surface area contributed by atoms with Crippen LogP contribution in [0.25, 0.3) is 0 Å². The molecule has 4 heterocycles. The Labute approximate surface area is 393 Å². The molecule has 6 N–H and O–H groups in total. The molecule has 0 unspecified atom stereocenters. The van der Waals surface area contributed by atoms with Crippen LogP contribution in [0.4, 0.5) is 0 Å². The third kappa shape index (κ3) is 8.95. The zero-order valence-corrected chi connectivity index (χ0v) is 38.9. The van der Waals surface area contributed by atoms with Crippen LogP contribution in [0.2, 0.25) is 5.02 Å². The minimum Gasteiger partial charge on any atom is -0.507 e. The van der Waals surface area contributed by atoms with Crippen molar-refractivity contribution >= 4 is 35.5 Å². The van der Waals surface area contributed by atoms with Crippen LogP contribution < -0.4 is 0 Å². The van der Waals surface area contributed by atoms with Crippen molar-refractivity contribution in [3.05, 3.63) is 75.8 Å². The Morgan fingerprint density at radius 3 is 2.39 bits per heavy atom. The van der Waals surface area contributed by atoms with Crippen LogP contribution >= 0.6 is 11.6 Å². The smallest absolute Gasteiger partial charge is 0.379 e. The van der Waals surface area contributed by atoms with E-state index in [2.05, 4.69) is 0 Å². The summed E-state index contributed by atoms with van der Waals surface area (Å²) in [6.07, 6.45) is 1.93. The van der Waals surface area contributed by atoms with Crippen LogP contribution in [0, 0.1) is 41.9 Å². The van der Waals surface area contributed by atoms with Gasteiger partial charge in [0.15, 0.2) is 23.9 Å². The molecule has 17 atom stereocenters. The minimum absolute atomic E-state index is 0.0340. The molecule has 1 aromatic carbocycles. The summed E-state index contributed by atoms with van der Waals surface area (Å²) in [6, 6.07) is 2.71. The first-order valence-corrected chi connectivity index (χ1v) is 23.7. The molecule has 0 radical (unpaired) electrons. The highest BCUT2D eigenvalue weighted by Crippen LogP contribution is 2.55. The molecule has 3 aliphatic carbocycles. The number of aliphatic hydroxyl groups is 4. The summed E-state index contributed by atoms with van der Waals surface area (Å²) in [5.41, 5.74) is -2.59.